The van der Waals surface area contributed by atoms with Gasteiger partial charge < -0.3 is 11.1 Å². The summed E-state index contributed by atoms with van der Waals surface area (Å²) in [6, 6.07) is 4.80. The summed E-state index contributed by atoms with van der Waals surface area (Å²) in [5.74, 6) is 0.255. The molecule has 3 nitrogen and oxygen atoms in total. The number of rotatable bonds is 5. The average Bonchev–Trinajstić information content (AvgIpc) is 2.29. The molecule has 0 saturated heterocycles. The van der Waals surface area contributed by atoms with Crippen molar-refractivity contribution in [3.05, 3.63) is 33.8 Å². The van der Waals surface area contributed by atoms with Crippen LogP contribution in [-0.2, 0) is 11.3 Å². The molecule has 3 N–H and O–H groups in total. The van der Waals surface area contributed by atoms with Crippen molar-refractivity contribution in [2.75, 3.05) is 0 Å². The predicted molar refractivity (Wildman–Crippen MR) is 75.7 cm³/mol. The van der Waals surface area contributed by atoms with Gasteiger partial charge in [0.15, 0.2) is 0 Å². The molecule has 1 aromatic rings. The fourth-order valence-corrected chi connectivity index (χ4v) is 1.91. The molecule has 1 rings (SSSR count). The topological polar surface area (TPSA) is 55.1 Å². The third-order valence-electron chi connectivity index (χ3n) is 2.51. The van der Waals surface area contributed by atoms with E-state index in [1.807, 2.05) is 19.9 Å². The number of nitrogens with one attached hydrogen (secondary N) is 1. The molecule has 0 heterocycles. The average molecular weight is 289 g/mol. The molecule has 1 amide bonds. The van der Waals surface area contributed by atoms with E-state index in [2.05, 4.69) is 5.32 Å². The van der Waals surface area contributed by atoms with Crippen LogP contribution >= 0.6 is 23.2 Å². The molecular formula is C13H18Cl2N2O. The second-order valence-electron chi connectivity index (χ2n) is 4.70. The highest BCUT2D eigenvalue weighted by Gasteiger charge is 2.14. The maximum Gasteiger partial charge on any atom is 0.237 e. The Morgan fingerprint density at radius 2 is 2.00 bits per heavy atom. The zero-order valence-electron chi connectivity index (χ0n) is 10.5. The van der Waals surface area contributed by atoms with Gasteiger partial charge in [-0.25, -0.2) is 0 Å². The first kappa shape index (κ1) is 15.3. The lowest BCUT2D eigenvalue weighted by atomic mass is 10.0. The number of carbonyl (C=O) groups excluding carboxylic acids is 1. The van der Waals surface area contributed by atoms with E-state index in [0.29, 0.717) is 28.9 Å². The molecule has 1 aromatic carbocycles. The van der Waals surface area contributed by atoms with Gasteiger partial charge in [-0.3, -0.25) is 4.79 Å². The number of halogens is 2. The van der Waals surface area contributed by atoms with Gasteiger partial charge in [0.1, 0.15) is 0 Å². The lowest BCUT2D eigenvalue weighted by Gasteiger charge is -2.14. The Bertz CT molecular complexity index is 421. The van der Waals surface area contributed by atoms with Crippen molar-refractivity contribution in [2.45, 2.75) is 32.9 Å². The second kappa shape index (κ2) is 6.98. The zero-order valence-corrected chi connectivity index (χ0v) is 12.1. The van der Waals surface area contributed by atoms with Crippen LogP contribution in [0.2, 0.25) is 10.0 Å². The van der Waals surface area contributed by atoms with Crippen LogP contribution in [0.15, 0.2) is 18.2 Å². The highest BCUT2D eigenvalue weighted by molar-refractivity contribution is 6.42. The van der Waals surface area contributed by atoms with Crippen molar-refractivity contribution < 1.29 is 4.79 Å². The maximum atomic E-state index is 11.7. The van der Waals surface area contributed by atoms with E-state index < -0.39 is 6.04 Å². The molecule has 0 spiro atoms. The summed E-state index contributed by atoms with van der Waals surface area (Å²) in [6.45, 7) is 4.47. The van der Waals surface area contributed by atoms with Crippen LogP contribution in [0.3, 0.4) is 0 Å². The summed E-state index contributed by atoms with van der Waals surface area (Å²) in [6.07, 6.45) is 0.674. The number of carbonyl (C=O) groups is 1. The maximum absolute atomic E-state index is 11.7. The van der Waals surface area contributed by atoms with E-state index in [1.54, 1.807) is 12.1 Å². The SMILES string of the molecule is CC(C)C[C@@H](N)C(=O)NCc1ccc(Cl)c(Cl)c1. The molecule has 0 aliphatic heterocycles. The first-order valence-electron chi connectivity index (χ1n) is 5.87. The third-order valence-corrected chi connectivity index (χ3v) is 3.25. The quantitative estimate of drug-likeness (QED) is 0.875. The van der Waals surface area contributed by atoms with Gasteiger partial charge in [-0.15, -0.1) is 0 Å². The molecule has 0 fully saturated rings. The van der Waals surface area contributed by atoms with E-state index in [4.69, 9.17) is 28.9 Å². The van der Waals surface area contributed by atoms with Gasteiger partial charge >= 0.3 is 0 Å². The van der Waals surface area contributed by atoms with Gasteiger partial charge in [0.25, 0.3) is 0 Å². The van der Waals surface area contributed by atoms with Crippen molar-refractivity contribution >= 4 is 29.1 Å². The molecule has 0 aromatic heterocycles. The molecule has 0 unspecified atom stereocenters. The monoisotopic (exact) mass is 288 g/mol. The van der Waals surface area contributed by atoms with Gasteiger partial charge in [0.2, 0.25) is 5.91 Å². The van der Waals surface area contributed by atoms with E-state index in [-0.39, 0.29) is 5.91 Å². The summed E-state index contributed by atoms with van der Waals surface area (Å²) in [4.78, 5) is 11.7. The normalized spacial score (nSPS) is 12.6. The minimum Gasteiger partial charge on any atom is -0.351 e. The molecule has 1 atom stereocenters. The number of benzene rings is 1. The molecule has 0 aliphatic rings. The van der Waals surface area contributed by atoms with Crippen molar-refractivity contribution in [3.8, 4) is 0 Å². The van der Waals surface area contributed by atoms with Gasteiger partial charge in [-0.05, 0) is 30.0 Å². The standard InChI is InChI=1S/C13H18Cl2N2O/c1-8(2)5-12(16)13(18)17-7-9-3-4-10(14)11(15)6-9/h3-4,6,8,12H,5,7,16H2,1-2H3,(H,17,18)/t12-/m1/s1. The molecule has 5 heteroatoms. The van der Waals surface area contributed by atoms with Crippen LogP contribution < -0.4 is 11.1 Å². The molecule has 0 bridgehead atoms. The van der Waals surface area contributed by atoms with E-state index in [9.17, 15) is 4.79 Å². The lowest BCUT2D eigenvalue weighted by molar-refractivity contribution is -0.122. The van der Waals surface area contributed by atoms with E-state index in [0.717, 1.165) is 5.56 Å². The Morgan fingerprint density at radius 1 is 1.33 bits per heavy atom. The Hall–Kier alpha value is -0.770. The van der Waals surface area contributed by atoms with E-state index >= 15 is 0 Å². The van der Waals surface area contributed by atoms with Crippen molar-refractivity contribution in [1.82, 2.24) is 5.32 Å². The molecule has 18 heavy (non-hydrogen) atoms. The number of amides is 1. The predicted octanol–water partition coefficient (Wildman–Crippen LogP) is 2.98. The molecular weight excluding hydrogens is 271 g/mol. The summed E-state index contributed by atoms with van der Waals surface area (Å²) in [5.41, 5.74) is 6.67. The number of hydrogen-bond acceptors (Lipinski definition) is 2. The van der Waals surface area contributed by atoms with Crippen LogP contribution in [-0.4, -0.2) is 11.9 Å². The van der Waals surface area contributed by atoms with Crippen LogP contribution in [0.5, 0.6) is 0 Å². The van der Waals surface area contributed by atoms with Crippen molar-refractivity contribution in [3.63, 3.8) is 0 Å². The number of nitrogens with two attached hydrogens (primary N) is 1. The Labute approximate surface area is 118 Å². The van der Waals surface area contributed by atoms with Gasteiger partial charge in [0.05, 0.1) is 16.1 Å². The van der Waals surface area contributed by atoms with Crippen LogP contribution in [0.25, 0.3) is 0 Å². The van der Waals surface area contributed by atoms with Gasteiger partial charge in [0, 0.05) is 6.54 Å². The number of hydrogen-bond donors (Lipinski definition) is 2. The largest absolute Gasteiger partial charge is 0.351 e. The van der Waals surface area contributed by atoms with Gasteiger partial charge in [-0.1, -0.05) is 43.1 Å². The minimum absolute atomic E-state index is 0.144. The second-order valence-corrected chi connectivity index (χ2v) is 5.52. The van der Waals surface area contributed by atoms with Crippen LogP contribution in [0, 0.1) is 5.92 Å². The molecule has 100 valence electrons. The summed E-state index contributed by atoms with van der Waals surface area (Å²) in [7, 11) is 0. The first-order chi connectivity index (χ1) is 8.40. The van der Waals surface area contributed by atoms with E-state index in [1.165, 1.54) is 0 Å². The Balaban J connectivity index is 2.49. The van der Waals surface area contributed by atoms with Crippen LogP contribution in [0.4, 0.5) is 0 Å². The lowest BCUT2D eigenvalue weighted by Crippen LogP contribution is -2.41. The molecule has 0 aliphatic carbocycles. The first-order valence-corrected chi connectivity index (χ1v) is 6.63. The smallest absolute Gasteiger partial charge is 0.237 e. The van der Waals surface area contributed by atoms with Crippen molar-refractivity contribution in [2.24, 2.45) is 11.7 Å². The summed E-state index contributed by atoms with van der Waals surface area (Å²) in [5, 5.41) is 3.77. The van der Waals surface area contributed by atoms with Gasteiger partial charge in [-0.2, -0.15) is 0 Å². The third kappa shape index (κ3) is 4.84. The summed E-state index contributed by atoms with van der Waals surface area (Å²) >= 11 is 11.7. The van der Waals surface area contributed by atoms with Crippen LogP contribution in [0.1, 0.15) is 25.8 Å². The minimum atomic E-state index is -0.465. The highest BCUT2D eigenvalue weighted by Crippen LogP contribution is 2.22. The molecule has 0 saturated carbocycles. The highest BCUT2D eigenvalue weighted by atomic mass is 35.5. The fraction of sp³-hybridized carbons (Fsp3) is 0.462. The molecule has 0 radical (unpaired) electrons. The van der Waals surface area contributed by atoms with Crippen molar-refractivity contribution in [1.29, 1.82) is 0 Å². The summed E-state index contributed by atoms with van der Waals surface area (Å²) < 4.78 is 0. The fourth-order valence-electron chi connectivity index (χ4n) is 1.58. The Kier molecular flexibility index (Phi) is 5.93. The Morgan fingerprint density at radius 3 is 2.56 bits per heavy atom. The zero-order chi connectivity index (χ0) is 13.7.